The third-order valence-electron chi connectivity index (χ3n) is 5.87. The van der Waals surface area contributed by atoms with Crippen LogP contribution in [0.5, 0.6) is 0 Å². The number of fused-ring (bicyclic) bond motifs is 2. The zero-order chi connectivity index (χ0) is 12.8. The molecule has 1 aromatic rings. The van der Waals surface area contributed by atoms with Crippen molar-refractivity contribution in [2.24, 2.45) is 11.8 Å². The van der Waals surface area contributed by atoms with E-state index < -0.39 is 0 Å². The number of hydrogen-bond donors (Lipinski definition) is 1. The number of benzene rings is 1. The van der Waals surface area contributed by atoms with Gasteiger partial charge in [-0.15, -0.1) is 0 Å². The van der Waals surface area contributed by atoms with Crippen LogP contribution in [-0.2, 0) is 0 Å². The molecule has 0 radical (unpaired) electrons. The Kier molecular flexibility index (Phi) is 2.91. The average molecular weight is 255 g/mol. The first-order valence-corrected chi connectivity index (χ1v) is 8.10. The van der Waals surface area contributed by atoms with E-state index in [4.69, 9.17) is 0 Å². The summed E-state index contributed by atoms with van der Waals surface area (Å²) in [6, 6.07) is 10.8. The van der Waals surface area contributed by atoms with E-state index in [1.807, 2.05) is 0 Å². The minimum atomic E-state index is 0.802. The third-order valence-corrected chi connectivity index (χ3v) is 5.87. The Hall–Kier alpha value is -0.820. The summed E-state index contributed by atoms with van der Waals surface area (Å²) in [6.07, 6.45) is 8.71. The topological polar surface area (TPSA) is 12.0 Å². The third kappa shape index (κ3) is 2.23. The molecule has 0 aromatic heterocycles. The van der Waals surface area contributed by atoms with Gasteiger partial charge in [0.2, 0.25) is 0 Å². The highest BCUT2D eigenvalue weighted by Gasteiger charge is 2.41. The lowest BCUT2D eigenvalue weighted by atomic mass is 9.75. The van der Waals surface area contributed by atoms with Gasteiger partial charge < -0.3 is 5.32 Å². The van der Waals surface area contributed by atoms with Crippen LogP contribution in [0.2, 0.25) is 0 Å². The van der Waals surface area contributed by atoms with Crippen molar-refractivity contribution in [3.63, 3.8) is 0 Å². The number of rotatable bonds is 3. The summed E-state index contributed by atoms with van der Waals surface area (Å²) < 4.78 is 0. The van der Waals surface area contributed by atoms with Gasteiger partial charge in [-0.3, -0.25) is 0 Å². The quantitative estimate of drug-likeness (QED) is 0.860. The molecule has 2 bridgehead atoms. The van der Waals surface area contributed by atoms with Gasteiger partial charge in [0.25, 0.3) is 0 Å². The average Bonchev–Trinajstić information content (AvgIpc) is 2.97. The first-order chi connectivity index (χ1) is 9.28. The molecule has 102 valence electrons. The standard InChI is InChI=1S/C18H25N/c1-12-2-5-14(6-3-12)16-10-17(11-16)19-18-9-13-4-7-15(18)8-13/h2-3,5-6,13,15-19H,4,7-11H2,1H3. The maximum Gasteiger partial charge on any atom is 0.0101 e. The van der Waals surface area contributed by atoms with E-state index in [0.29, 0.717) is 0 Å². The van der Waals surface area contributed by atoms with Crippen LogP contribution in [0, 0.1) is 18.8 Å². The molecule has 3 fully saturated rings. The van der Waals surface area contributed by atoms with Crippen LogP contribution in [0.25, 0.3) is 0 Å². The smallest absolute Gasteiger partial charge is 0.0101 e. The van der Waals surface area contributed by atoms with Crippen molar-refractivity contribution in [1.82, 2.24) is 5.32 Å². The van der Waals surface area contributed by atoms with Gasteiger partial charge in [-0.2, -0.15) is 0 Å². The molecule has 3 atom stereocenters. The van der Waals surface area contributed by atoms with E-state index >= 15 is 0 Å². The number of hydrogen-bond acceptors (Lipinski definition) is 1. The van der Waals surface area contributed by atoms with Crippen molar-refractivity contribution in [3.8, 4) is 0 Å². The Bertz CT molecular complexity index is 443. The van der Waals surface area contributed by atoms with Crippen LogP contribution < -0.4 is 5.32 Å². The normalized spacial score (nSPS) is 40.4. The molecule has 0 heterocycles. The van der Waals surface area contributed by atoms with E-state index in [0.717, 1.165) is 29.8 Å². The van der Waals surface area contributed by atoms with Crippen molar-refractivity contribution < 1.29 is 0 Å². The maximum atomic E-state index is 3.96. The molecule has 1 aromatic carbocycles. The van der Waals surface area contributed by atoms with Crippen LogP contribution in [-0.4, -0.2) is 12.1 Å². The van der Waals surface area contributed by atoms with Crippen LogP contribution >= 0.6 is 0 Å². The fourth-order valence-corrected chi connectivity index (χ4v) is 4.62. The van der Waals surface area contributed by atoms with Gasteiger partial charge in [0.05, 0.1) is 0 Å². The van der Waals surface area contributed by atoms with E-state index in [2.05, 4.69) is 36.5 Å². The predicted molar refractivity (Wildman–Crippen MR) is 79.3 cm³/mol. The van der Waals surface area contributed by atoms with Crippen LogP contribution in [0.1, 0.15) is 55.6 Å². The molecule has 0 saturated heterocycles. The molecule has 3 aliphatic carbocycles. The highest BCUT2D eigenvalue weighted by atomic mass is 15.0. The zero-order valence-corrected chi connectivity index (χ0v) is 11.9. The summed E-state index contributed by atoms with van der Waals surface area (Å²) in [4.78, 5) is 0. The van der Waals surface area contributed by atoms with Crippen molar-refractivity contribution >= 4 is 0 Å². The second-order valence-electron chi connectivity index (χ2n) is 7.22. The Labute approximate surface area is 116 Å². The minimum Gasteiger partial charge on any atom is -0.311 e. The molecular weight excluding hydrogens is 230 g/mol. The monoisotopic (exact) mass is 255 g/mol. The molecule has 3 saturated carbocycles. The Morgan fingerprint density at radius 1 is 0.947 bits per heavy atom. The van der Waals surface area contributed by atoms with Gasteiger partial charge in [0, 0.05) is 12.1 Å². The largest absolute Gasteiger partial charge is 0.311 e. The van der Waals surface area contributed by atoms with Gasteiger partial charge in [0.15, 0.2) is 0 Å². The van der Waals surface area contributed by atoms with Crippen LogP contribution in [0.3, 0.4) is 0 Å². The van der Waals surface area contributed by atoms with Crippen LogP contribution in [0.4, 0.5) is 0 Å². The Morgan fingerprint density at radius 3 is 2.37 bits per heavy atom. The molecule has 1 nitrogen and oxygen atoms in total. The molecule has 0 amide bonds. The molecule has 4 rings (SSSR count). The minimum absolute atomic E-state index is 0.802. The lowest BCUT2D eigenvalue weighted by molar-refractivity contribution is 0.229. The number of aryl methyl sites for hydroxylation is 1. The predicted octanol–water partition coefficient (Wildman–Crippen LogP) is 4.02. The second-order valence-corrected chi connectivity index (χ2v) is 7.22. The molecule has 19 heavy (non-hydrogen) atoms. The summed E-state index contributed by atoms with van der Waals surface area (Å²) in [7, 11) is 0. The van der Waals surface area contributed by atoms with Crippen molar-refractivity contribution in [1.29, 1.82) is 0 Å². The number of nitrogens with one attached hydrogen (secondary N) is 1. The van der Waals surface area contributed by atoms with E-state index in [1.54, 1.807) is 5.56 Å². The summed E-state index contributed by atoms with van der Waals surface area (Å²) in [5, 5.41) is 3.96. The van der Waals surface area contributed by atoms with Crippen molar-refractivity contribution in [3.05, 3.63) is 35.4 Å². The summed E-state index contributed by atoms with van der Waals surface area (Å²) in [6.45, 7) is 2.17. The lowest BCUT2D eigenvalue weighted by Gasteiger charge is -2.40. The van der Waals surface area contributed by atoms with Gasteiger partial charge in [-0.1, -0.05) is 36.2 Å². The first kappa shape index (κ1) is 12.0. The Morgan fingerprint density at radius 2 is 1.74 bits per heavy atom. The zero-order valence-electron chi connectivity index (χ0n) is 11.9. The Balaban J connectivity index is 1.30. The highest BCUT2D eigenvalue weighted by molar-refractivity contribution is 5.26. The van der Waals surface area contributed by atoms with Gasteiger partial charge >= 0.3 is 0 Å². The summed E-state index contributed by atoms with van der Waals surface area (Å²) >= 11 is 0. The van der Waals surface area contributed by atoms with E-state index in [1.165, 1.54) is 44.1 Å². The lowest BCUT2D eigenvalue weighted by Crippen LogP contribution is -2.47. The maximum absolute atomic E-state index is 3.96. The fourth-order valence-electron chi connectivity index (χ4n) is 4.62. The SMILES string of the molecule is Cc1ccc(C2CC(NC3CC4CCC3C4)C2)cc1. The van der Waals surface area contributed by atoms with Gasteiger partial charge in [-0.05, 0) is 62.3 Å². The summed E-state index contributed by atoms with van der Waals surface area (Å²) in [5.41, 5.74) is 2.93. The molecule has 1 N–H and O–H groups in total. The molecule has 0 aliphatic heterocycles. The highest BCUT2D eigenvalue weighted by Crippen LogP contribution is 2.46. The molecule has 3 unspecified atom stereocenters. The fraction of sp³-hybridized carbons (Fsp3) is 0.667. The van der Waals surface area contributed by atoms with E-state index in [-0.39, 0.29) is 0 Å². The summed E-state index contributed by atoms with van der Waals surface area (Å²) in [5.74, 6) is 2.90. The van der Waals surface area contributed by atoms with E-state index in [9.17, 15) is 0 Å². The van der Waals surface area contributed by atoms with Gasteiger partial charge in [-0.25, -0.2) is 0 Å². The van der Waals surface area contributed by atoms with Gasteiger partial charge in [0.1, 0.15) is 0 Å². The van der Waals surface area contributed by atoms with Crippen molar-refractivity contribution in [2.75, 3.05) is 0 Å². The first-order valence-electron chi connectivity index (χ1n) is 8.10. The molecular formula is C18H25N. The second kappa shape index (κ2) is 4.63. The molecule has 1 heteroatoms. The molecule has 0 spiro atoms. The molecule has 3 aliphatic rings. The van der Waals surface area contributed by atoms with Crippen LogP contribution in [0.15, 0.2) is 24.3 Å². The van der Waals surface area contributed by atoms with Crippen molar-refractivity contribution in [2.45, 2.75) is 63.5 Å².